The number of ether oxygens (including phenoxy) is 3. The minimum absolute atomic E-state index is 0.0230. The van der Waals surface area contributed by atoms with Crippen molar-refractivity contribution in [3.63, 3.8) is 0 Å². The van der Waals surface area contributed by atoms with Gasteiger partial charge in [0.2, 0.25) is 0 Å². The van der Waals surface area contributed by atoms with Gasteiger partial charge in [0, 0.05) is 26.4 Å². The van der Waals surface area contributed by atoms with E-state index < -0.39 is 18.3 Å². The summed E-state index contributed by atoms with van der Waals surface area (Å²) >= 11 is 0. The van der Waals surface area contributed by atoms with E-state index in [0.717, 1.165) is 0 Å². The normalized spacial score (nSPS) is 15.7. The van der Waals surface area contributed by atoms with Crippen LogP contribution in [0.25, 0.3) is 0 Å². The predicted octanol–water partition coefficient (Wildman–Crippen LogP) is 1.72. The molecule has 18 heavy (non-hydrogen) atoms. The van der Waals surface area contributed by atoms with Crippen molar-refractivity contribution in [1.82, 2.24) is 0 Å². The average Bonchev–Trinajstić information content (AvgIpc) is 2.30. The molecule has 0 bridgehead atoms. The van der Waals surface area contributed by atoms with E-state index in [0.29, 0.717) is 26.2 Å². The van der Waals surface area contributed by atoms with Crippen molar-refractivity contribution in [3.05, 3.63) is 0 Å². The minimum atomic E-state index is -4.42. The van der Waals surface area contributed by atoms with Gasteiger partial charge in [-0.1, -0.05) is 6.92 Å². The number of rotatable bonds is 10. The van der Waals surface area contributed by atoms with E-state index in [1.165, 1.54) is 0 Å². The molecule has 0 aliphatic rings. The monoisotopic (exact) mass is 273 g/mol. The quantitative estimate of drug-likeness (QED) is 0.616. The second kappa shape index (κ2) is 9.55. The number of hydrogen-bond donors (Lipinski definition) is 1. The summed E-state index contributed by atoms with van der Waals surface area (Å²) in [5.74, 6) is 0. The van der Waals surface area contributed by atoms with Gasteiger partial charge in [-0.15, -0.1) is 0 Å². The molecule has 0 aliphatic carbocycles. The highest BCUT2D eigenvalue weighted by Crippen LogP contribution is 2.25. The molecule has 0 fully saturated rings. The molecule has 2 N–H and O–H groups in total. The van der Waals surface area contributed by atoms with Gasteiger partial charge in [0.05, 0.1) is 13.2 Å². The summed E-state index contributed by atoms with van der Waals surface area (Å²) in [5.41, 5.74) is 5.39. The summed E-state index contributed by atoms with van der Waals surface area (Å²) in [7, 11) is 1.55. The van der Waals surface area contributed by atoms with Gasteiger partial charge in [-0.2, -0.15) is 13.2 Å². The fourth-order valence-electron chi connectivity index (χ4n) is 1.29. The third-order valence-electron chi connectivity index (χ3n) is 2.35. The van der Waals surface area contributed by atoms with Gasteiger partial charge in [-0.3, -0.25) is 0 Å². The molecule has 4 nitrogen and oxygen atoms in total. The van der Waals surface area contributed by atoms with Crippen LogP contribution in [0.15, 0.2) is 0 Å². The summed E-state index contributed by atoms with van der Waals surface area (Å²) in [6.45, 7) is 2.81. The summed E-state index contributed by atoms with van der Waals surface area (Å²) in [6.07, 6.45) is -5.71. The van der Waals surface area contributed by atoms with Crippen LogP contribution < -0.4 is 5.73 Å². The van der Waals surface area contributed by atoms with Crippen molar-refractivity contribution < 1.29 is 27.4 Å². The van der Waals surface area contributed by atoms with Crippen LogP contribution in [0.2, 0.25) is 0 Å². The Bertz CT molecular complexity index is 202. The molecule has 0 aliphatic heterocycles. The van der Waals surface area contributed by atoms with Gasteiger partial charge in [0.15, 0.2) is 6.10 Å². The zero-order valence-corrected chi connectivity index (χ0v) is 10.8. The van der Waals surface area contributed by atoms with Crippen LogP contribution in [0.3, 0.4) is 0 Å². The lowest BCUT2D eigenvalue weighted by Crippen LogP contribution is -2.46. The molecule has 2 atom stereocenters. The summed E-state index contributed by atoms with van der Waals surface area (Å²) in [4.78, 5) is 0. The Balaban J connectivity index is 3.78. The van der Waals surface area contributed by atoms with Crippen molar-refractivity contribution in [2.24, 2.45) is 5.73 Å². The highest BCUT2D eigenvalue weighted by molar-refractivity contribution is 4.79. The number of halogens is 3. The highest BCUT2D eigenvalue weighted by atomic mass is 19.4. The van der Waals surface area contributed by atoms with Crippen LogP contribution in [0.5, 0.6) is 0 Å². The lowest BCUT2D eigenvalue weighted by molar-refractivity contribution is -0.227. The Hall–Kier alpha value is -0.370. The van der Waals surface area contributed by atoms with Gasteiger partial charge in [-0.25, -0.2) is 0 Å². The van der Waals surface area contributed by atoms with Crippen molar-refractivity contribution in [1.29, 1.82) is 0 Å². The van der Waals surface area contributed by atoms with E-state index in [1.54, 1.807) is 14.0 Å². The van der Waals surface area contributed by atoms with Gasteiger partial charge >= 0.3 is 6.18 Å². The minimum Gasteiger partial charge on any atom is -0.382 e. The molecule has 0 saturated heterocycles. The summed E-state index contributed by atoms with van der Waals surface area (Å²) < 4.78 is 52.4. The van der Waals surface area contributed by atoms with Crippen molar-refractivity contribution in [3.8, 4) is 0 Å². The summed E-state index contributed by atoms with van der Waals surface area (Å²) in [5, 5.41) is 0. The molecule has 0 aromatic carbocycles. The first-order valence-corrected chi connectivity index (χ1v) is 5.94. The molecule has 0 aromatic rings. The smallest absolute Gasteiger partial charge is 0.382 e. The molecule has 0 spiro atoms. The topological polar surface area (TPSA) is 53.7 Å². The fraction of sp³-hybridized carbons (Fsp3) is 1.00. The van der Waals surface area contributed by atoms with Crippen LogP contribution in [0, 0.1) is 0 Å². The third kappa shape index (κ3) is 7.86. The first-order chi connectivity index (χ1) is 8.43. The first-order valence-electron chi connectivity index (χ1n) is 5.94. The number of methoxy groups -OCH3 is 1. The van der Waals surface area contributed by atoms with Gasteiger partial charge in [0.1, 0.15) is 0 Å². The highest BCUT2D eigenvalue weighted by Gasteiger charge is 2.43. The first kappa shape index (κ1) is 17.6. The standard InChI is InChI=1S/C11H22F3NO3/c1-3-9(15)10(11(12,13)14)18-6-4-5-17-8-7-16-2/h9-10H,3-8,15H2,1-2H3. The van der Waals surface area contributed by atoms with Gasteiger partial charge in [0.25, 0.3) is 0 Å². The third-order valence-corrected chi connectivity index (χ3v) is 2.35. The molecule has 0 saturated carbocycles. The molecule has 110 valence electrons. The van der Waals surface area contributed by atoms with Gasteiger partial charge in [-0.05, 0) is 12.8 Å². The number of alkyl halides is 3. The maximum Gasteiger partial charge on any atom is 0.416 e. The van der Waals surface area contributed by atoms with E-state index in [4.69, 9.17) is 19.9 Å². The zero-order valence-electron chi connectivity index (χ0n) is 10.8. The second-order valence-electron chi connectivity index (χ2n) is 3.86. The SMILES string of the molecule is CCC(N)C(OCCCOCCOC)C(F)(F)F. The Morgan fingerprint density at radius 3 is 2.28 bits per heavy atom. The van der Waals surface area contributed by atoms with Crippen LogP contribution in [0.1, 0.15) is 19.8 Å². The lowest BCUT2D eigenvalue weighted by atomic mass is 10.1. The largest absolute Gasteiger partial charge is 0.416 e. The molecule has 0 rings (SSSR count). The molecule has 2 unspecified atom stereocenters. The van der Waals surface area contributed by atoms with Crippen LogP contribution >= 0.6 is 0 Å². The van der Waals surface area contributed by atoms with Crippen LogP contribution in [0.4, 0.5) is 13.2 Å². The zero-order chi connectivity index (χ0) is 14.0. The van der Waals surface area contributed by atoms with Crippen LogP contribution in [-0.4, -0.2) is 51.9 Å². The van der Waals surface area contributed by atoms with Crippen molar-refractivity contribution >= 4 is 0 Å². The van der Waals surface area contributed by atoms with E-state index >= 15 is 0 Å². The molecule has 0 heterocycles. The molecular formula is C11H22F3NO3. The molecule has 0 amide bonds. The molecule has 0 aromatic heterocycles. The Labute approximate surface area is 106 Å². The number of hydrogen-bond acceptors (Lipinski definition) is 4. The summed E-state index contributed by atoms with van der Waals surface area (Å²) in [6, 6.07) is -1.03. The predicted molar refractivity (Wildman–Crippen MR) is 61.4 cm³/mol. The van der Waals surface area contributed by atoms with E-state index in [-0.39, 0.29) is 13.0 Å². The molecule has 0 radical (unpaired) electrons. The van der Waals surface area contributed by atoms with E-state index in [9.17, 15) is 13.2 Å². The van der Waals surface area contributed by atoms with Crippen molar-refractivity contribution in [2.45, 2.75) is 38.1 Å². The van der Waals surface area contributed by atoms with Crippen LogP contribution in [-0.2, 0) is 14.2 Å². The maximum absolute atomic E-state index is 12.6. The van der Waals surface area contributed by atoms with E-state index in [1.807, 2.05) is 0 Å². The Kier molecular flexibility index (Phi) is 9.35. The number of nitrogens with two attached hydrogens (primary N) is 1. The Morgan fingerprint density at radius 2 is 1.78 bits per heavy atom. The maximum atomic E-state index is 12.6. The average molecular weight is 273 g/mol. The fourth-order valence-corrected chi connectivity index (χ4v) is 1.29. The Morgan fingerprint density at radius 1 is 1.11 bits per heavy atom. The lowest BCUT2D eigenvalue weighted by Gasteiger charge is -2.25. The van der Waals surface area contributed by atoms with Gasteiger partial charge < -0.3 is 19.9 Å². The molecular weight excluding hydrogens is 251 g/mol. The van der Waals surface area contributed by atoms with E-state index in [2.05, 4.69) is 0 Å². The van der Waals surface area contributed by atoms with Crippen molar-refractivity contribution in [2.75, 3.05) is 33.5 Å². The molecule has 7 heteroatoms. The second-order valence-corrected chi connectivity index (χ2v) is 3.86.